The highest BCUT2D eigenvalue weighted by Gasteiger charge is 2.26. The van der Waals surface area contributed by atoms with Gasteiger partial charge in [-0.3, -0.25) is 19.8 Å². The zero-order valence-electron chi connectivity index (χ0n) is 20.8. The molecule has 3 aromatic heterocycles. The Bertz CT molecular complexity index is 1480. The number of hydrogen-bond donors (Lipinski definition) is 2. The van der Waals surface area contributed by atoms with Gasteiger partial charge in [-0.1, -0.05) is 12.1 Å². The molecule has 4 rings (SSSR count). The lowest BCUT2D eigenvalue weighted by Crippen LogP contribution is -2.31. The van der Waals surface area contributed by atoms with Crippen LogP contribution in [-0.2, 0) is 18.3 Å². The van der Waals surface area contributed by atoms with Crippen molar-refractivity contribution in [2.24, 2.45) is 7.05 Å². The van der Waals surface area contributed by atoms with Crippen LogP contribution in [0.4, 0.5) is 16.3 Å². The minimum absolute atomic E-state index is 0.0427. The normalized spacial score (nSPS) is 11.2. The minimum atomic E-state index is -1.25. The van der Waals surface area contributed by atoms with Crippen LogP contribution in [0.3, 0.4) is 0 Å². The highest BCUT2D eigenvalue weighted by molar-refractivity contribution is 6.08. The topological polar surface area (TPSA) is 140 Å². The van der Waals surface area contributed by atoms with Gasteiger partial charge in [0.1, 0.15) is 11.4 Å². The van der Waals surface area contributed by atoms with Crippen LogP contribution in [-0.4, -0.2) is 48.4 Å². The molecule has 11 nitrogen and oxygen atoms in total. The molecule has 0 aliphatic carbocycles. The number of ether oxygens (including phenoxy) is 1. The number of aromatic nitrogens is 4. The highest BCUT2D eigenvalue weighted by Crippen LogP contribution is 2.26. The molecule has 0 aliphatic heterocycles. The van der Waals surface area contributed by atoms with E-state index in [0.717, 1.165) is 5.39 Å². The summed E-state index contributed by atoms with van der Waals surface area (Å²) in [7, 11) is 1.59. The van der Waals surface area contributed by atoms with Crippen molar-refractivity contribution in [2.75, 3.05) is 10.2 Å². The van der Waals surface area contributed by atoms with Gasteiger partial charge < -0.3 is 14.7 Å². The summed E-state index contributed by atoms with van der Waals surface area (Å²) in [4.78, 5) is 47.3. The molecule has 0 radical (unpaired) electrons. The van der Waals surface area contributed by atoms with Gasteiger partial charge in [0, 0.05) is 31.0 Å². The number of amides is 2. The summed E-state index contributed by atoms with van der Waals surface area (Å²) in [5.74, 6) is -1.38. The molecule has 0 aliphatic rings. The molecule has 0 spiro atoms. The van der Waals surface area contributed by atoms with Gasteiger partial charge in [0.05, 0.1) is 23.3 Å². The number of benzene rings is 1. The molecular formula is C26H26N6O5. The summed E-state index contributed by atoms with van der Waals surface area (Å²) in [6, 6.07) is 12.1. The number of nitrogens with one attached hydrogen (secondary N) is 1. The maximum Gasteiger partial charge on any atom is 0.413 e. The van der Waals surface area contributed by atoms with Crippen molar-refractivity contribution in [2.45, 2.75) is 32.9 Å². The molecule has 0 saturated carbocycles. The largest absolute Gasteiger partial charge is 0.476 e. The Morgan fingerprint density at radius 3 is 2.57 bits per heavy atom. The SMILES string of the molecule is Cn1cc(N(Cc2ccc3ccc(NC(=O)OC(C)(C)C)nc3c2)C(=O)c2cccnc2)c(C(=O)O)n1. The molecule has 37 heavy (non-hydrogen) atoms. The third-order valence-electron chi connectivity index (χ3n) is 5.18. The fourth-order valence-electron chi connectivity index (χ4n) is 3.66. The molecule has 4 aromatic rings. The second-order valence-electron chi connectivity index (χ2n) is 9.33. The zero-order chi connectivity index (χ0) is 26.7. The Labute approximate surface area is 212 Å². The van der Waals surface area contributed by atoms with E-state index in [1.807, 2.05) is 12.1 Å². The van der Waals surface area contributed by atoms with E-state index >= 15 is 0 Å². The first-order valence-corrected chi connectivity index (χ1v) is 11.4. The molecule has 1 aromatic carbocycles. The van der Waals surface area contributed by atoms with Crippen LogP contribution in [0.15, 0.2) is 61.1 Å². The number of anilines is 2. The lowest BCUT2D eigenvalue weighted by atomic mass is 10.1. The average molecular weight is 503 g/mol. The third kappa shape index (κ3) is 6.07. The van der Waals surface area contributed by atoms with Gasteiger partial charge >= 0.3 is 12.1 Å². The van der Waals surface area contributed by atoms with E-state index in [-0.39, 0.29) is 17.9 Å². The van der Waals surface area contributed by atoms with Crippen molar-refractivity contribution in [3.8, 4) is 0 Å². The second-order valence-corrected chi connectivity index (χ2v) is 9.33. The number of fused-ring (bicyclic) bond motifs is 1. The van der Waals surface area contributed by atoms with E-state index in [1.54, 1.807) is 64.3 Å². The van der Waals surface area contributed by atoms with E-state index in [2.05, 4.69) is 20.4 Å². The average Bonchev–Trinajstić information content (AvgIpc) is 3.23. The molecular weight excluding hydrogens is 476 g/mol. The van der Waals surface area contributed by atoms with Gasteiger partial charge in [-0.05, 0) is 56.7 Å². The monoisotopic (exact) mass is 502 g/mol. The van der Waals surface area contributed by atoms with Crippen LogP contribution >= 0.6 is 0 Å². The number of carbonyl (C=O) groups excluding carboxylic acids is 2. The Morgan fingerprint density at radius 2 is 1.89 bits per heavy atom. The van der Waals surface area contributed by atoms with Crippen LogP contribution in [0.1, 0.15) is 47.2 Å². The molecule has 2 N–H and O–H groups in total. The Morgan fingerprint density at radius 1 is 1.14 bits per heavy atom. The van der Waals surface area contributed by atoms with E-state index in [9.17, 15) is 19.5 Å². The van der Waals surface area contributed by atoms with Crippen LogP contribution in [0.5, 0.6) is 0 Å². The number of nitrogens with zero attached hydrogens (tertiary/aromatic N) is 5. The second kappa shape index (κ2) is 10.1. The number of aryl methyl sites for hydroxylation is 1. The van der Waals surface area contributed by atoms with Gasteiger partial charge in [0.2, 0.25) is 0 Å². The quantitative estimate of drug-likeness (QED) is 0.399. The molecule has 0 bridgehead atoms. The number of carbonyl (C=O) groups is 3. The summed E-state index contributed by atoms with van der Waals surface area (Å²) >= 11 is 0. The number of aromatic carboxylic acids is 1. The molecule has 2 amide bonds. The predicted molar refractivity (Wildman–Crippen MR) is 137 cm³/mol. The van der Waals surface area contributed by atoms with Crippen molar-refractivity contribution in [1.82, 2.24) is 19.7 Å². The van der Waals surface area contributed by atoms with E-state index in [0.29, 0.717) is 22.5 Å². The highest BCUT2D eigenvalue weighted by atomic mass is 16.6. The lowest BCUT2D eigenvalue weighted by molar-refractivity contribution is 0.0633. The standard InChI is InChI=1S/C26H26N6O5/c1-26(2,3)37-25(36)29-21-10-9-17-8-7-16(12-19(17)28-21)14-32(23(33)18-6-5-11-27-13-18)20-15-31(4)30-22(20)24(34)35/h5-13,15H,14H2,1-4H3,(H,34,35)(H,28,29,36). The van der Waals surface area contributed by atoms with Crippen LogP contribution in [0, 0.1) is 0 Å². The predicted octanol–water partition coefficient (Wildman–Crippen LogP) is 4.26. The Balaban J connectivity index is 1.69. The summed E-state index contributed by atoms with van der Waals surface area (Å²) < 4.78 is 6.63. The van der Waals surface area contributed by atoms with Crippen molar-refractivity contribution >= 4 is 40.4 Å². The first-order valence-electron chi connectivity index (χ1n) is 11.4. The maximum absolute atomic E-state index is 13.5. The zero-order valence-corrected chi connectivity index (χ0v) is 20.8. The molecule has 0 atom stereocenters. The fourth-order valence-corrected chi connectivity index (χ4v) is 3.66. The van der Waals surface area contributed by atoms with Crippen molar-refractivity contribution < 1.29 is 24.2 Å². The Hall–Kier alpha value is -4.80. The molecule has 190 valence electrons. The number of carboxylic acid groups (broad SMARTS) is 1. The van der Waals surface area contributed by atoms with Gasteiger partial charge in [-0.25, -0.2) is 14.6 Å². The smallest absolute Gasteiger partial charge is 0.413 e. The molecule has 3 heterocycles. The van der Waals surface area contributed by atoms with Gasteiger partial charge in [0.25, 0.3) is 5.91 Å². The first kappa shape index (κ1) is 25.3. The molecule has 11 heteroatoms. The summed E-state index contributed by atoms with van der Waals surface area (Å²) in [6.45, 7) is 5.34. The van der Waals surface area contributed by atoms with Gasteiger partial charge in [-0.2, -0.15) is 5.10 Å². The van der Waals surface area contributed by atoms with E-state index in [4.69, 9.17) is 4.74 Å². The van der Waals surface area contributed by atoms with Crippen LogP contribution < -0.4 is 10.2 Å². The van der Waals surface area contributed by atoms with Gasteiger partial charge in [-0.15, -0.1) is 0 Å². The summed E-state index contributed by atoms with van der Waals surface area (Å²) in [5.41, 5.74) is 0.806. The van der Waals surface area contributed by atoms with Crippen LogP contribution in [0.2, 0.25) is 0 Å². The summed E-state index contributed by atoms with van der Waals surface area (Å²) in [5, 5.41) is 17.1. The molecule has 0 fully saturated rings. The summed E-state index contributed by atoms with van der Waals surface area (Å²) in [6.07, 6.45) is 3.83. The van der Waals surface area contributed by atoms with Gasteiger partial charge in [0.15, 0.2) is 5.69 Å². The van der Waals surface area contributed by atoms with E-state index < -0.39 is 23.6 Å². The van der Waals surface area contributed by atoms with Crippen molar-refractivity contribution in [3.63, 3.8) is 0 Å². The minimum Gasteiger partial charge on any atom is -0.476 e. The van der Waals surface area contributed by atoms with Crippen molar-refractivity contribution in [3.05, 3.63) is 77.9 Å². The number of rotatable bonds is 6. The first-order chi connectivity index (χ1) is 17.5. The lowest BCUT2D eigenvalue weighted by Gasteiger charge is -2.22. The number of hydrogen-bond acceptors (Lipinski definition) is 7. The Kier molecular flexibility index (Phi) is 6.87. The van der Waals surface area contributed by atoms with Crippen molar-refractivity contribution in [1.29, 1.82) is 0 Å². The molecule has 0 unspecified atom stereocenters. The fraction of sp³-hybridized carbons (Fsp3) is 0.231. The number of carboxylic acids is 1. The maximum atomic E-state index is 13.5. The molecule has 0 saturated heterocycles. The number of pyridine rings is 2. The van der Waals surface area contributed by atoms with Crippen LogP contribution in [0.25, 0.3) is 10.9 Å². The third-order valence-corrected chi connectivity index (χ3v) is 5.18. The van der Waals surface area contributed by atoms with E-state index in [1.165, 1.54) is 22.0 Å².